The van der Waals surface area contributed by atoms with Crippen LogP contribution in [0.15, 0.2) is 41.8 Å². The first kappa shape index (κ1) is 19.2. The van der Waals surface area contributed by atoms with Crippen molar-refractivity contribution < 1.29 is 14.8 Å². The Bertz CT molecular complexity index is 882. The van der Waals surface area contributed by atoms with E-state index in [0.29, 0.717) is 11.1 Å². The predicted molar refractivity (Wildman–Crippen MR) is 99.3 cm³/mol. The molecular weight excluding hydrogens is 350 g/mol. The molecule has 1 aromatic carbocycles. The Hall–Kier alpha value is -3.10. The average molecular weight is 367 g/mol. The van der Waals surface area contributed by atoms with E-state index in [1.165, 1.54) is 5.48 Å². The number of hydrogen-bond donors (Lipinski definition) is 4. The van der Waals surface area contributed by atoms with Crippen molar-refractivity contribution in [1.82, 2.24) is 10.8 Å². The molecule has 0 aliphatic carbocycles. The monoisotopic (exact) mass is 367 g/mol. The van der Waals surface area contributed by atoms with Crippen LogP contribution >= 0.6 is 11.3 Å². The van der Waals surface area contributed by atoms with Crippen LogP contribution in [0.25, 0.3) is 0 Å². The van der Waals surface area contributed by atoms with Crippen LogP contribution < -0.4 is 16.5 Å². The van der Waals surface area contributed by atoms with Gasteiger partial charge in [0.15, 0.2) is 0 Å². The lowest BCUT2D eigenvalue weighted by Crippen LogP contribution is -2.54. The van der Waals surface area contributed by atoms with Crippen LogP contribution in [0.3, 0.4) is 0 Å². The molecule has 1 aromatic heterocycles. The summed E-state index contributed by atoms with van der Waals surface area (Å²) < 4.78 is 0. The van der Waals surface area contributed by atoms with Gasteiger partial charge in [0, 0.05) is 17.2 Å². The molecule has 0 unspecified atom stereocenters. The number of nitrogens with two attached hydrogens (primary N) is 1. The van der Waals surface area contributed by atoms with Gasteiger partial charge in [-0.15, -0.1) is 11.3 Å². The first-order chi connectivity index (χ1) is 12.5. The Labute approximate surface area is 155 Å². The van der Waals surface area contributed by atoms with E-state index in [4.69, 9.17) is 10.9 Å². The van der Waals surface area contributed by atoms with Crippen LogP contribution in [-0.2, 0) is 4.79 Å². The number of rotatable bonds is 4. The molecule has 6 nitrogen and oxygen atoms in total. The maximum Gasteiger partial charge on any atom is 0.267 e. The highest BCUT2D eigenvalue weighted by molar-refractivity contribution is 7.10. The third-order valence-electron chi connectivity index (χ3n) is 3.33. The van der Waals surface area contributed by atoms with Gasteiger partial charge in [-0.3, -0.25) is 14.8 Å². The highest BCUT2D eigenvalue weighted by Crippen LogP contribution is 2.06. The molecular formula is C19H17N3O3S. The molecule has 0 spiro atoms. The standard InChI is InChI=1S/C19H17N3O3S/c1-13(20)17(19(24)22-25)21-18(23)15-10-8-14(9-11-15)5-2-3-6-16-7-4-12-26-16/h4,7-13,17,25H,20H2,1H3,(H,21,23)(H,22,24)/t13-,17+/m1/s1. The number of hydrogen-bond acceptors (Lipinski definition) is 5. The Morgan fingerprint density at radius 1 is 1.15 bits per heavy atom. The van der Waals surface area contributed by atoms with Crippen molar-refractivity contribution in [2.45, 2.75) is 19.0 Å². The fraction of sp³-hybridized carbons (Fsp3) is 0.158. The fourth-order valence-electron chi connectivity index (χ4n) is 1.98. The second-order valence-electron chi connectivity index (χ2n) is 5.34. The maximum atomic E-state index is 12.2. The number of benzene rings is 1. The van der Waals surface area contributed by atoms with Gasteiger partial charge in [-0.1, -0.05) is 12.0 Å². The molecule has 2 aromatic rings. The molecule has 0 radical (unpaired) electrons. The van der Waals surface area contributed by atoms with Gasteiger partial charge in [0.2, 0.25) is 0 Å². The first-order valence-electron chi connectivity index (χ1n) is 7.67. The molecule has 0 bridgehead atoms. The van der Waals surface area contributed by atoms with Crippen molar-refractivity contribution >= 4 is 23.2 Å². The number of hydroxylamine groups is 1. The largest absolute Gasteiger partial charge is 0.339 e. The number of carbonyl (C=O) groups is 2. The van der Waals surface area contributed by atoms with Gasteiger partial charge < -0.3 is 11.1 Å². The minimum absolute atomic E-state index is 0.344. The zero-order valence-corrected chi connectivity index (χ0v) is 14.8. The van der Waals surface area contributed by atoms with E-state index in [9.17, 15) is 9.59 Å². The lowest BCUT2D eigenvalue weighted by atomic mass is 10.1. The summed E-state index contributed by atoms with van der Waals surface area (Å²) in [7, 11) is 0. The summed E-state index contributed by atoms with van der Waals surface area (Å²) in [5, 5.41) is 13.1. The molecule has 5 N–H and O–H groups in total. The number of thiophene rings is 1. The zero-order valence-electron chi connectivity index (χ0n) is 13.9. The van der Waals surface area contributed by atoms with E-state index in [-0.39, 0.29) is 0 Å². The topological polar surface area (TPSA) is 104 Å². The second-order valence-corrected chi connectivity index (χ2v) is 6.29. The van der Waals surface area contributed by atoms with Gasteiger partial charge in [0.1, 0.15) is 6.04 Å². The van der Waals surface area contributed by atoms with E-state index < -0.39 is 23.9 Å². The second kappa shape index (κ2) is 9.40. The van der Waals surface area contributed by atoms with Gasteiger partial charge in [-0.05, 0) is 60.4 Å². The van der Waals surface area contributed by atoms with Crippen LogP contribution in [0.5, 0.6) is 0 Å². The van der Waals surface area contributed by atoms with E-state index in [2.05, 4.69) is 29.0 Å². The quantitative estimate of drug-likeness (QED) is 0.369. The Morgan fingerprint density at radius 3 is 2.42 bits per heavy atom. The Kier molecular flexibility index (Phi) is 6.95. The molecule has 0 aliphatic heterocycles. The summed E-state index contributed by atoms with van der Waals surface area (Å²) in [4.78, 5) is 24.7. The molecule has 1 heterocycles. The number of amides is 2. The first-order valence-corrected chi connectivity index (χ1v) is 8.55. The number of nitrogens with one attached hydrogen (secondary N) is 2. The van der Waals surface area contributed by atoms with E-state index in [1.54, 1.807) is 42.5 Å². The fourth-order valence-corrected chi connectivity index (χ4v) is 2.55. The summed E-state index contributed by atoms with van der Waals surface area (Å²) in [6.45, 7) is 1.55. The van der Waals surface area contributed by atoms with Crippen LogP contribution in [0.2, 0.25) is 0 Å². The van der Waals surface area contributed by atoms with Crippen LogP contribution in [0.4, 0.5) is 0 Å². The van der Waals surface area contributed by atoms with Gasteiger partial charge >= 0.3 is 0 Å². The lowest BCUT2D eigenvalue weighted by molar-refractivity contribution is -0.131. The highest BCUT2D eigenvalue weighted by atomic mass is 32.1. The normalized spacial score (nSPS) is 11.8. The van der Waals surface area contributed by atoms with Gasteiger partial charge in [0.05, 0.1) is 4.88 Å². The summed E-state index contributed by atoms with van der Waals surface area (Å²) in [5.41, 5.74) is 8.19. The molecule has 26 heavy (non-hydrogen) atoms. The Morgan fingerprint density at radius 2 is 1.85 bits per heavy atom. The van der Waals surface area contributed by atoms with Crippen LogP contribution in [0.1, 0.15) is 27.7 Å². The molecule has 2 rings (SSSR count). The number of carbonyl (C=O) groups excluding carboxylic acids is 2. The minimum atomic E-state index is -1.04. The smallest absolute Gasteiger partial charge is 0.267 e. The summed E-state index contributed by atoms with van der Waals surface area (Å²) in [6.07, 6.45) is 0. The molecule has 0 aliphatic rings. The SMILES string of the molecule is C[C@@H](N)[C@H](NC(=O)c1ccc(C#CC#Cc2cccs2)cc1)C(=O)NO. The molecule has 0 saturated carbocycles. The minimum Gasteiger partial charge on any atom is -0.339 e. The third kappa shape index (κ3) is 5.47. The zero-order chi connectivity index (χ0) is 18.9. The Balaban J connectivity index is 2.02. The van der Waals surface area contributed by atoms with Crippen molar-refractivity contribution in [3.05, 3.63) is 57.8 Å². The van der Waals surface area contributed by atoms with Gasteiger partial charge in [-0.2, -0.15) is 0 Å². The van der Waals surface area contributed by atoms with Crippen molar-refractivity contribution in [3.63, 3.8) is 0 Å². The highest BCUT2D eigenvalue weighted by Gasteiger charge is 2.24. The third-order valence-corrected chi connectivity index (χ3v) is 4.11. The average Bonchev–Trinajstić information content (AvgIpc) is 3.16. The van der Waals surface area contributed by atoms with Crippen molar-refractivity contribution in [2.24, 2.45) is 5.73 Å². The van der Waals surface area contributed by atoms with Crippen LogP contribution in [-0.4, -0.2) is 29.1 Å². The maximum absolute atomic E-state index is 12.2. The van der Waals surface area contributed by atoms with Crippen molar-refractivity contribution in [3.8, 4) is 23.7 Å². The molecule has 132 valence electrons. The van der Waals surface area contributed by atoms with Gasteiger partial charge in [-0.25, -0.2) is 5.48 Å². The summed E-state index contributed by atoms with van der Waals surface area (Å²) in [6, 6.07) is 8.66. The molecule has 2 atom stereocenters. The van der Waals surface area contributed by atoms with Crippen molar-refractivity contribution in [1.29, 1.82) is 0 Å². The summed E-state index contributed by atoms with van der Waals surface area (Å²) in [5.74, 6) is 10.1. The molecule has 2 amide bonds. The van der Waals surface area contributed by atoms with E-state index in [0.717, 1.165) is 4.88 Å². The van der Waals surface area contributed by atoms with Crippen molar-refractivity contribution in [2.75, 3.05) is 0 Å². The molecule has 0 saturated heterocycles. The van der Waals surface area contributed by atoms with E-state index >= 15 is 0 Å². The predicted octanol–water partition coefficient (Wildman–Crippen LogP) is 1.10. The summed E-state index contributed by atoms with van der Waals surface area (Å²) >= 11 is 1.55. The molecule has 7 heteroatoms. The van der Waals surface area contributed by atoms with Crippen LogP contribution in [0, 0.1) is 23.7 Å². The lowest BCUT2D eigenvalue weighted by Gasteiger charge is -2.19. The van der Waals surface area contributed by atoms with E-state index in [1.807, 2.05) is 17.5 Å². The van der Waals surface area contributed by atoms with Gasteiger partial charge in [0.25, 0.3) is 11.8 Å². The molecule has 0 fully saturated rings.